The SMILES string of the molecule is Cc1cc(Cl)ccc1NC(=O)N(C)CC1CCCC1O. The van der Waals surface area contributed by atoms with E-state index in [0.29, 0.717) is 11.6 Å². The lowest BCUT2D eigenvalue weighted by molar-refractivity contribution is 0.116. The van der Waals surface area contributed by atoms with Crippen molar-refractivity contribution in [1.82, 2.24) is 4.90 Å². The molecule has 110 valence electrons. The van der Waals surface area contributed by atoms with Gasteiger partial charge in [-0.05, 0) is 43.5 Å². The van der Waals surface area contributed by atoms with Crippen LogP contribution in [0.4, 0.5) is 10.5 Å². The fourth-order valence-corrected chi connectivity index (χ4v) is 2.87. The van der Waals surface area contributed by atoms with Crippen molar-refractivity contribution >= 4 is 23.3 Å². The minimum atomic E-state index is -0.275. The summed E-state index contributed by atoms with van der Waals surface area (Å²) in [6.45, 7) is 2.49. The zero-order valence-electron chi connectivity index (χ0n) is 11.9. The Morgan fingerprint density at radius 3 is 2.85 bits per heavy atom. The molecule has 20 heavy (non-hydrogen) atoms. The molecule has 5 heteroatoms. The zero-order chi connectivity index (χ0) is 14.7. The highest BCUT2D eigenvalue weighted by Gasteiger charge is 2.27. The second-order valence-corrected chi connectivity index (χ2v) is 5.96. The minimum Gasteiger partial charge on any atom is -0.393 e. The molecule has 2 N–H and O–H groups in total. The number of carbonyl (C=O) groups is 1. The lowest BCUT2D eigenvalue weighted by atomic mass is 10.1. The summed E-state index contributed by atoms with van der Waals surface area (Å²) in [6.07, 6.45) is 2.59. The highest BCUT2D eigenvalue weighted by molar-refractivity contribution is 6.30. The first kappa shape index (κ1) is 15.1. The molecule has 0 aliphatic heterocycles. The predicted molar refractivity (Wildman–Crippen MR) is 81.2 cm³/mol. The molecular weight excluding hydrogens is 276 g/mol. The Labute approximate surface area is 124 Å². The number of rotatable bonds is 3. The Bertz CT molecular complexity index is 493. The minimum absolute atomic E-state index is 0.158. The fraction of sp³-hybridized carbons (Fsp3) is 0.533. The number of nitrogens with one attached hydrogen (secondary N) is 1. The summed E-state index contributed by atoms with van der Waals surface area (Å²) in [5, 5.41) is 13.3. The van der Waals surface area contributed by atoms with Gasteiger partial charge in [0.05, 0.1) is 6.10 Å². The quantitative estimate of drug-likeness (QED) is 0.899. The summed E-state index contributed by atoms with van der Waals surface area (Å²) in [6, 6.07) is 5.21. The van der Waals surface area contributed by atoms with E-state index in [-0.39, 0.29) is 18.1 Å². The third-order valence-electron chi connectivity index (χ3n) is 3.90. The Balaban J connectivity index is 1.93. The Kier molecular flexibility index (Phi) is 4.89. The van der Waals surface area contributed by atoms with Crippen LogP contribution in [0.5, 0.6) is 0 Å². The van der Waals surface area contributed by atoms with Gasteiger partial charge in [0.25, 0.3) is 0 Å². The van der Waals surface area contributed by atoms with E-state index in [2.05, 4.69) is 5.32 Å². The molecule has 1 fully saturated rings. The predicted octanol–water partition coefficient (Wildman–Crippen LogP) is 3.27. The number of halogens is 1. The molecule has 0 bridgehead atoms. The van der Waals surface area contributed by atoms with Gasteiger partial charge in [-0.3, -0.25) is 0 Å². The second-order valence-electron chi connectivity index (χ2n) is 5.53. The molecule has 0 heterocycles. The van der Waals surface area contributed by atoms with Crippen LogP contribution in [0.3, 0.4) is 0 Å². The van der Waals surface area contributed by atoms with Crippen LogP contribution in [0.15, 0.2) is 18.2 Å². The van der Waals surface area contributed by atoms with Gasteiger partial charge in [0, 0.05) is 30.2 Å². The molecular formula is C15H21ClN2O2. The standard InChI is InChI=1S/C15H21ClN2O2/c1-10-8-12(16)6-7-13(10)17-15(20)18(2)9-11-4-3-5-14(11)19/h6-8,11,14,19H,3-5,9H2,1-2H3,(H,17,20). The zero-order valence-corrected chi connectivity index (χ0v) is 12.7. The number of benzene rings is 1. The number of aliphatic hydroxyl groups is 1. The topological polar surface area (TPSA) is 52.6 Å². The van der Waals surface area contributed by atoms with Crippen LogP contribution >= 0.6 is 11.6 Å². The highest BCUT2D eigenvalue weighted by atomic mass is 35.5. The smallest absolute Gasteiger partial charge is 0.321 e. The molecule has 2 atom stereocenters. The van der Waals surface area contributed by atoms with Crippen LogP contribution in [0, 0.1) is 12.8 Å². The molecule has 4 nitrogen and oxygen atoms in total. The third-order valence-corrected chi connectivity index (χ3v) is 4.14. The van der Waals surface area contributed by atoms with Crippen molar-refractivity contribution in [2.45, 2.75) is 32.3 Å². The third kappa shape index (κ3) is 3.64. The summed E-state index contributed by atoms with van der Waals surface area (Å²) in [5.74, 6) is 0.192. The molecule has 0 spiro atoms. The van der Waals surface area contributed by atoms with Gasteiger partial charge in [-0.2, -0.15) is 0 Å². The summed E-state index contributed by atoms with van der Waals surface area (Å²) in [5.41, 5.74) is 1.69. The average molecular weight is 297 g/mol. The van der Waals surface area contributed by atoms with E-state index in [1.54, 1.807) is 24.1 Å². The lowest BCUT2D eigenvalue weighted by Gasteiger charge is -2.24. The Morgan fingerprint density at radius 2 is 2.25 bits per heavy atom. The molecule has 2 unspecified atom stereocenters. The van der Waals surface area contributed by atoms with Gasteiger partial charge >= 0.3 is 6.03 Å². The van der Waals surface area contributed by atoms with E-state index < -0.39 is 0 Å². The van der Waals surface area contributed by atoms with Crippen LogP contribution in [0.2, 0.25) is 5.02 Å². The van der Waals surface area contributed by atoms with E-state index in [0.717, 1.165) is 30.5 Å². The van der Waals surface area contributed by atoms with Crippen molar-refractivity contribution in [1.29, 1.82) is 0 Å². The molecule has 1 aliphatic rings. The molecule has 1 saturated carbocycles. The number of hydrogen-bond donors (Lipinski definition) is 2. The summed E-state index contributed by atoms with van der Waals surface area (Å²) < 4.78 is 0. The second kappa shape index (κ2) is 6.46. The molecule has 0 aromatic heterocycles. The molecule has 2 amide bonds. The van der Waals surface area contributed by atoms with Gasteiger partial charge in [0.1, 0.15) is 0 Å². The maximum atomic E-state index is 12.1. The van der Waals surface area contributed by atoms with Gasteiger partial charge in [-0.1, -0.05) is 18.0 Å². The number of urea groups is 1. The monoisotopic (exact) mass is 296 g/mol. The molecule has 0 radical (unpaired) electrons. The maximum Gasteiger partial charge on any atom is 0.321 e. The lowest BCUT2D eigenvalue weighted by Crippen LogP contribution is -2.37. The Morgan fingerprint density at radius 1 is 1.50 bits per heavy atom. The molecule has 1 aliphatic carbocycles. The summed E-state index contributed by atoms with van der Waals surface area (Å²) >= 11 is 5.89. The first-order valence-electron chi connectivity index (χ1n) is 6.93. The van der Waals surface area contributed by atoms with E-state index in [1.807, 2.05) is 13.0 Å². The molecule has 1 aromatic carbocycles. The van der Waals surface area contributed by atoms with Crippen LogP contribution in [-0.4, -0.2) is 35.7 Å². The first-order chi connectivity index (χ1) is 9.47. The van der Waals surface area contributed by atoms with E-state index >= 15 is 0 Å². The molecule has 2 rings (SSSR count). The van der Waals surface area contributed by atoms with Crippen LogP contribution in [0.1, 0.15) is 24.8 Å². The van der Waals surface area contributed by atoms with Gasteiger partial charge < -0.3 is 15.3 Å². The summed E-state index contributed by atoms with van der Waals surface area (Å²) in [4.78, 5) is 13.8. The van der Waals surface area contributed by atoms with Crippen molar-refractivity contribution in [2.24, 2.45) is 5.92 Å². The number of nitrogens with zero attached hydrogens (tertiary/aromatic N) is 1. The number of amides is 2. The normalized spacial score (nSPS) is 21.8. The van der Waals surface area contributed by atoms with E-state index in [9.17, 15) is 9.90 Å². The van der Waals surface area contributed by atoms with E-state index in [1.165, 1.54) is 0 Å². The maximum absolute atomic E-state index is 12.1. The van der Waals surface area contributed by atoms with Crippen molar-refractivity contribution in [2.75, 3.05) is 18.9 Å². The summed E-state index contributed by atoms with van der Waals surface area (Å²) in [7, 11) is 1.76. The van der Waals surface area contributed by atoms with Gasteiger partial charge in [0.15, 0.2) is 0 Å². The van der Waals surface area contributed by atoms with Crippen molar-refractivity contribution in [3.8, 4) is 0 Å². The molecule has 0 saturated heterocycles. The van der Waals surface area contributed by atoms with Gasteiger partial charge in [0.2, 0.25) is 0 Å². The molecule has 1 aromatic rings. The van der Waals surface area contributed by atoms with Gasteiger partial charge in [-0.25, -0.2) is 4.79 Å². The highest BCUT2D eigenvalue weighted by Crippen LogP contribution is 2.26. The average Bonchev–Trinajstić information content (AvgIpc) is 2.78. The van der Waals surface area contributed by atoms with Gasteiger partial charge in [-0.15, -0.1) is 0 Å². The van der Waals surface area contributed by atoms with Crippen LogP contribution < -0.4 is 5.32 Å². The number of anilines is 1. The van der Waals surface area contributed by atoms with E-state index in [4.69, 9.17) is 11.6 Å². The number of aryl methyl sites for hydroxylation is 1. The number of carbonyl (C=O) groups excluding carboxylic acids is 1. The van der Waals surface area contributed by atoms with Crippen molar-refractivity contribution in [3.63, 3.8) is 0 Å². The largest absolute Gasteiger partial charge is 0.393 e. The van der Waals surface area contributed by atoms with Crippen molar-refractivity contribution < 1.29 is 9.90 Å². The number of aliphatic hydroxyl groups excluding tert-OH is 1. The number of hydrogen-bond acceptors (Lipinski definition) is 2. The first-order valence-corrected chi connectivity index (χ1v) is 7.31. The Hall–Kier alpha value is -1.26. The fourth-order valence-electron chi connectivity index (χ4n) is 2.64. The van der Waals surface area contributed by atoms with Crippen LogP contribution in [-0.2, 0) is 0 Å². The van der Waals surface area contributed by atoms with Crippen molar-refractivity contribution in [3.05, 3.63) is 28.8 Å². The van der Waals surface area contributed by atoms with Crippen LogP contribution in [0.25, 0.3) is 0 Å².